The van der Waals surface area contributed by atoms with E-state index in [0.717, 1.165) is 44.5 Å². The van der Waals surface area contributed by atoms with Gasteiger partial charge < -0.3 is 23.9 Å². The number of furan rings is 1. The maximum Gasteiger partial charge on any atom is 0.180 e. The summed E-state index contributed by atoms with van der Waals surface area (Å²) in [5.41, 5.74) is 6.42. The van der Waals surface area contributed by atoms with E-state index in [1.807, 2.05) is 103 Å². The molecule has 0 fully saturated rings. The second-order valence-electron chi connectivity index (χ2n) is 10.2. The zero-order valence-corrected chi connectivity index (χ0v) is 25.9. The fraction of sp³-hybridized carbons (Fsp3) is 0.0811. The van der Waals surface area contributed by atoms with Gasteiger partial charge in [-0.3, -0.25) is 0 Å². The molecule has 6 heteroatoms. The van der Waals surface area contributed by atoms with Crippen LogP contribution in [0.2, 0.25) is 0 Å². The van der Waals surface area contributed by atoms with E-state index in [4.69, 9.17) is 13.9 Å². The van der Waals surface area contributed by atoms with Crippen molar-refractivity contribution in [3.8, 4) is 45.5 Å². The molecule has 0 N–H and O–H groups in total. The number of pyridine rings is 2. The zero-order valence-electron chi connectivity index (χ0n) is 23.5. The third-order valence-electron chi connectivity index (χ3n) is 7.15. The molecule has 5 nitrogen and oxygen atoms in total. The van der Waals surface area contributed by atoms with Crippen molar-refractivity contribution < 1.29 is 34.0 Å². The molecule has 0 spiro atoms. The van der Waals surface area contributed by atoms with Crippen LogP contribution in [0.4, 0.5) is 0 Å². The van der Waals surface area contributed by atoms with Gasteiger partial charge in [0.2, 0.25) is 0 Å². The predicted octanol–water partition coefficient (Wildman–Crippen LogP) is 10.0. The minimum absolute atomic E-state index is 0. The van der Waals surface area contributed by atoms with Crippen LogP contribution in [0.3, 0.4) is 0 Å². The van der Waals surface area contributed by atoms with Gasteiger partial charge in [0, 0.05) is 32.5 Å². The van der Waals surface area contributed by atoms with E-state index < -0.39 is 0 Å². The Kier molecular flexibility index (Phi) is 8.06. The summed E-state index contributed by atoms with van der Waals surface area (Å²) in [5.74, 6) is 3.17. The van der Waals surface area contributed by atoms with Crippen LogP contribution in [-0.4, -0.2) is 9.97 Å². The summed E-state index contributed by atoms with van der Waals surface area (Å²) >= 11 is 0. The fourth-order valence-electron chi connectivity index (χ4n) is 5.02. The van der Waals surface area contributed by atoms with Crippen LogP contribution in [0.1, 0.15) is 25.3 Å². The summed E-state index contributed by atoms with van der Waals surface area (Å²) in [4.78, 5) is 8.80. The van der Waals surface area contributed by atoms with E-state index in [0.29, 0.717) is 28.9 Å². The van der Waals surface area contributed by atoms with Crippen molar-refractivity contribution in [2.24, 2.45) is 0 Å². The number of aromatic nitrogens is 2. The quantitative estimate of drug-likeness (QED) is 0.169. The Morgan fingerprint density at radius 2 is 1.47 bits per heavy atom. The molecule has 7 aromatic rings. The first-order valence-corrected chi connectivity index (χ1v) is 13.8. The van der Waals surface area contributed by atoms with Crippen LogP contribution in [0.15, 0.2) is 120 Å². The minimum Gasteiger partial charge on any atom is -0.500 e. The molecule has 0 unspecified atom stereocenters. The number of nitrogens with zero attached hydrogens (tertiary/aromatic N) is 2. The number of para-hydroxylation sites is 2. The number of fused-ring (bicyclic) bond motifs is 6. The predicted molar refractivity (Wildman–Crippen MR) is 165 cm³/mol. The topological polar surface area (TPSA) is 57.4 Å². The summed E-state index contributed by atoms with van der Waals surface area (Å²) in [6.45, 7) is 4.35. The summed E-state index contributed by atoms with van der Waals surface area (Å²) < 4.78 is 18.6. The largest absolute Gasteiger partial charge is 0.500 e. The first-order chi connectivity index (χ1) is 20.7. The molecule has 213 valence electrons. The minimum atomic E-state index is 0. The standard InChI is InChI=1S/C26H18NO3.C11H8N.Ir/c1-15(2)16-12-13-27-19(14-16)17-6-5-7-18-24-22(30-25(17)18)10-11-23-26(24)29-21-9-4-3-8-20(21)28-23;1-2-6-10(7-3-1)11-8-4-5-9-12-11;/h3-5,7-15H,1-2H3;1-6,8-9H;/q2*-1;. The Morgan fingerprint density at radius 3 is 2.23 bits per heavy atom. The van der Waals surface area contributed by atoms with Gasteiger partial charge in [0.05, 0.1) is 11.0 Å². The van der Waals surface area contributed by atoms with Crippen LogP contribution in [0, 0.1) is 12.1 Å². The summed E-state index contributed by atoms with van der Waals surface area (Å²) in [7, 11) is 0. The van der Waals surface area contributed by atoms with Crippen molar-refractivity contribution in [3.63, 3.8) is 0 Å². The number of benzene rings is 4. The smallest absolute Gasteiger partial charge is 0.180 e. The van der Waals surface area contributed by atoms with E-state index in [1.54, 1.807) is 6.20 Å². The van der Waals surface area contributed by atoms with Crippen LogP contribution in [0.25, 0.3) is 44.5 Å². The molecule has 43 heavy (non-hydrogen) atoms. The summed E-state index contributed by atoms with van der Waals surface area (Å²) in [6.07, 6.45) is 3.63. The van der Waals surface area contributed by atoms with Gasteiger partial charge in [0.1, 0.15) is 5.58 Å². The number of ether oxygens (including phenoxy) is 2. The van der Waals surface area contributed by atoms with Crippen molar-refractivity contribution in [2.75, 3.05) is 0 Å². The van der Waals surface area contributed by atoms with Gasteiger partial charge in [-0.2, -0.15) is 0 Å². The van der Waals surface area contributed by atoms with E-state index in [-0.39, 0.29) is 20.1 Å². The average Bonchev–Trinajstić information content (AvgIpc) is 3.44. The third-order valence-corrected chi connectivity index (χ3v) is 7.15. The van der Waals surface area contributed by atoms with Gasteiger partial charge in [-0.15, -0.1) is 54.1 Å². The van der Waals surface area contributed by atoms with Gasteiger partial charge in [-0.25, -0.2) is 0 Å². The monoisotopic (exact) mass is 739 g/mol. The normalized spacial score (nSPS) is 11.4. The average molecular weight is 739 g/mol. The molecule has 0 atom stereocenters. The number of rotatable bonds is 3. The first kappa shape index (κ1) is 28.4. The Labute approximate surface area is 263 Å². The molecular weight excluding hydrogens is 713 g/mol. The molecular formula is C37H26IrN2O3-2. The molecule has 0 bridgehead atoms. The van der Waals surface area contributed by atoms with Crippen LogP contribution in [0.5, 0.6) is 23.0 Å². The maximum atomic E-state index is 6.29. The van der Waals surface area contributed by atoms with Crippen molar-refractivity contribution in [1.29, 1.82) is 0 Å². The van der Waals surface area contributed by atoms with E-state index in [1.165, 1.54) is 5.56 Å². The van der Waals surface area contributed by atoms with Gasteiger partial charge in [-0.05, 0) is 53.7 Å². The molecule has 1 aliphatic rings. The van der Waals surface area contributed by atoms with Crippen molar-refractivity contribution in [3.05, 3.63) is 133 Å². The maximum absolute atomic E-state index is 6.29. The molecule has 1 radical (unpaired) electrons. The number of hydrogen-bond donors (Lipinski definition) is 0. The molecule has 8 rings (SSSR count). The van der Waals surface area contributed by atoms with Gasteiger partial charge in [-0.1, -0.05) is 60.7 Å². The van der Waals surface area contributed by atoms with Gasteiger partial charge in [0.25, 0.3) is 0 Å². The first-order valence-electron chi connectivity index (χ1n) is 13.8. The Balaban J connectivity index is 0.000000213. The van der Waals surface area contributed by atoms with Crippen LogP contribution >= 0.6 is 0 Å². The van der Waals surface area contributed by atoms with E-state index in [2.05, 4.69) is 42.0 Å². The molecule has 4 aromatic carbocycles. The van der Waals surface area contributed by atoms with Crippen molar-refractivity contribution >= 4 is 21.9 Å². The molecule has 3 aromatic heterocycles. The summed E-state index contributed by atoms with van der Waals surface area (Å²) in [5, 5.41) is 1.85. The molecule has 1 aliphatic heterocycles. The second kappa shape index (κ2) is 12.2. The molecule has 0 saturated heterocycles. The van der Waals surface area contributed by atoms with Crippen LogP contribution in [-0.2, 0) is 20.1 Å². The zero-order chi connectivity index (χ0) is 28.5. The van der Waals surface area contributed by atoms with E-state index in [9.17, 15) is 0 Å². The Morgan fingerprint density at radius 1 is 0.674 bits per heavy atom. The molecule has 0 saturated carbocycles. The third kappa shape index (κ3) is 5.55. The van der Waals surface area contributed by atoms with Gasteiger partial charge in [0.15, 0.2) is 23.0 Å². The van der Waals surface area contributed by atoms with Gasteiger partial charge >= 0.3 is 0 Å². The van der Waals surface area contributed by atoms with Crippen molar-refractivity contribution in [2.45, 2.75) is 19.8 Å². The fourth-order valence-corrected chi connectivity index (χ4v) is 5.02. The SMILES string of the molecule is CC(C)c1ccnc(-c2[c-]ccc3c2oc2ccc4c(c23)Oc2ccccc2O4)c1.[Ir].[c-]1ccccc1-c1ccccn1. The van der Waals surface area contributed by atoms with E-state index >= 15 is 0 Å². The Hall–Kier alpha value is -4.77. The molecule has 0 aliphatic carbocycles. The summed E-state index contributed by atoms with van der Waals surface area (Å²) in [6, 6.07) is 39.7. The second-order valence-corrected chi connectivity index (χ2v) is 10.2. The molecule has 4 heterocycles. The number of hydrogen-bond acceptors (Lipinski definition) is 5. The molecule has 0 amide bonds. The Bertz CT molecular complexity index is 1980. The van der Waals surface area contributed by atoms with Crippen LogP contribution < -0.4 is 9.47 Å². The van der Waals surface area contributed by atoms with Crippen molar-refractivity contribution in [1.82, 2.24) is 9.97 Å².